The minimum atomic E-state index is 0.552. The highest BCUT2D eigenvalue weighted by molar-refractivity contribution is 5.45. The Morgan fingerprint density at radius 3 is 2.92 bits per heavy atom. The molecule has 0 aliphatic carbocycles. The highest BCUT2D eigenvalue weighted by Gasteiger charge is 2.21. The Bertz CT molecular complexity index is 694. The predicted octanol–water partition coefficient (Wildman–Crippen LogP) is 2.84. The third-order valence-electron chi connectivity index (χ3n) is 4.66. The molecule has 1 aliphatic rings. The lowest BCUT2D eigenvalue weighted by molar-refractivity contribution is 0.215. The molecular formula is C19H23N5. The van der Waals surface area contributed by atoms with Crippen LogP contribution in [0.25, 0.3) is 0 Å². The molecule has 0 aromatic carbocycles. The molecule has 2 aromatic rings. The maximum absolute atomic E-state index is 9.06. The summed E-state index contributed by atoms with van der Waals surface area (Å²) in [5, 5.41) is 9.06. The first-order valence-electron chi connectivity index (χ1n) is 8.47. The standard InChI is InChI=1S/C19H23N5/c1-23(15-17-5-2-3-9-21-17)18-6-4-11-24(12-8-18)19-13-16(14-20)7-10-22-19/h2-3,5,7,9-10,13,18H,4,6,8,11-12,15H2,1H3/t18-/m1/s1. The van der Waals surface area contributed by atoms with Crippen LogP contribution in [0.3, 0.4) is 0 Å². The molecule has 0 amide bonds. The highest BCUT2D eigenvalue weighted by Crippen LogP contribution is 2.21. The topological polar surface area (TPSA) is 56.1 Å². The first-order chi connectivity index (χ1) is 11.8. The maximum Gasteiger partial charge on any atom is 0.129 e. The molecule has 0 N–H and O–H groups in total. The van der Waals surface area contributed by atoms with Crippen LogP contribution in [0.4, 0.5) is 5.82 Å². The quantitative estimate of drug-likeness (QED) is 0.867. The van der Waals surface area contributed by atoms with Crippen molar-refractivity contribution in [3.8, 4) is 6.07 Å². The zero-order chi connectivity index (χ0) is 16.8. The molecule has 1 saturated heterocycles. The minimum absolute atomic E-state index is 0.552. The smallest absolute Gasteiger partial charge is 0.129 e. The molecule has 3 rings (SSSR count). The van der Waals surface area contributed by atoms with Crippen LogP contribution in [0.1, 0.15) is 30.5 Å². The number of nitrogens with zero attached hydrogens (tertiary/aromatic N) is 5. The van der Waals surface area contributed by atoms with Crippen LogP contribution in [0, 0.1) is 11.3 Å². The summed E-state index contributed by atoms with van der Waals surface area (Å²) in [7, 11) is 2.18. The van der Waals surface area contributed by atoms with Crippen molar-refractivity contribution in [3.05, 3.63) is 54.0 Å². The van der Waals surface area contributed by atoms with E-state index in [9.17, 15) is 0 Å². The van der Waals surface area contributed by atoms with Crippen molar-refractivity contribution in [2.45, 2.75) is 31.8 Å². The monoisotopic (exact) mass is 321 g/mol. The van der Waals surface area contributed by atoms with Gasteiger partial charge in [-0.05, 0) is 50.6 Å². The Morgan fingerprint density at radius 2 is 2.12 bits per heavy atom. The van der Waals surface area contributed by atoms with Crippen LogP contribution in [0.5, 0.6) is 0 Å². The lowest BCUT2D eigenvalue weighted by atomic mass is 10.1. The fraction of sp³-hybridized carbons (Fsp3) is 0.421. The summed E-state index contributed by atoms with van der Waals surface area (Å²) in [5.41, 5.74) is 1.79. The van der Waals surface area contributed by atoms with Gasteiger partial charge in [0.25, 0.3) is 0 Å². The second-order valence-electron chi connectivity index (χ2n) is 6.32. The third-order valence-corrected chi connectivity index (χ3v) is 4.66. The molecule has 1 atom stereocenters. The van der Waals surface area contributed by atoms with Crippen molar-refractivity contribution >= 4 is 5.82 Å². The van der Waals surface area contributed by atoms with E-state index in [4.69, 9.17) is 5.26 Å². The van der Waals surface area contributed by atoms with Gasteiger partial charge in [0, 0.05) is 38.1 Å². The Morgan fingerprint density at radius 1 is 1.21 bits per heavy atom. The molecule has 0 spiro atoms. The number of hydrogen-bond acceptors (Lipinski definition) is 5. The first-order valence-corrected chi connectivity index (χ1v) is 8.47. The average Bonchev–Trinajstić information content (AvgIpc) is 2.89. The van der Waals surface area contributed by atoms with Crippen molar-refractivity contribution in [3.63, 3.8) is 0 Å². The zero-order valence-corrected chi connectivity index (χ0v) is 14.1. The second kappa shape index (κ2) is 7.89. The van der Waals surface area contributed by atoms with E-state index in [1.165, 1.54) is 6.42 Å². The van der Waals surface area contributed by atoms with Crippen molar-refractivity contribution in [2.24, 2.45) is 0 Å². The molecule has 0 unspecified atom stereocenters. The molecule has 1 fully saturated rings. The Kier molecular flexibility index (Phi) is 5.39. The van der Waals surface area contributed by atoms with E-state index < -0.39 is 0 Å². The number of nitriles is 1. The van der Waals surface area contributed by atoms with E-state index >= 15 is 0 Å². The van der Waals surface area contributed by atoms with E-state index in [-0.39, 0.29) is 0 Å². The molecular weight excluding hydrogens is 298 g/mol. The van der Waals surface area contributed by atoms with Crippen LogP contribution in [-0.2, 0) is 6.54 Å². The Labute approximate surface area is 143 Å². The molecule has 0 radical (unpaired) electrons. The average molecular weight is 321 g/mol. The summed E-state index contributed by atoms with van der Waals surface area (Å²) in [6.07, 6.45) is 6.99. The lowest BCUT2D eigenvalue weighted by Gasteiger charge is -2.27. The summed E-state index contributed by atoms with van der Waals surface area (Å²) < 4.78 is 0. The van der Waals surface area contributed by atoms with E-state index in [1.54, 1.807) is 12.3 Å². The minimum Gasteiger partial charge on any atom is -0.357 e. The van der Waals surface area contributed by atoms with E-state index in [0.717, 1.165) is 44.0 Å². The fourth-order valence-electron chi connectivity index (χ4n) is 3.29. The van der Waals surface area contributed by atoms with Crippen molar-refractivity contribution < 1.29 is 0 Å². The van der Waals surface area contributed by atoms with E-state index in [2.05, 4.69) is 39.0 Å². The van der Waals surface area contributed by atoms with Gasteiger partial charge in [-0.3, -0.25) is 9.88 Å². The zero-order valence-electron chi connectivity index (χ0n) is 14.1. The number of hydrogen-bond donors (Lipinski definition) is 0. The van der Waals surface area contributed by atoms with E-state index in [0.29, 0.717) is 11.6 Å². The lowest BCUT2D eigenvalue weighted by Crippen LogP contribution is -2.33. The van der Waals surface area contributed by atoms with Crippen molar-refractivity contribution in [1.82, 2.24) is 14.9 Å². The highest BCUT2D eigenvalue weighted by atomic mass is 15.2. The number of aromatic nitrogens is 2. The van der Waals surface area contributed by atoms with Gasteiger partial charge in [0.1, 0.15) is 5.82 Å². The summed E-state index contributed by atoms with van der Waals surface area (Å²) in [5.74, 6) is 0.919. The van der Waals surface area contributed by atoms with E-state index in [1.807, 2.05) is 24.4 Å². The Hall–Kier alpha value is -2.45. The van der Waals surface area contributed by atoms with Gasteiger partial charge in [-0.1, -0.05) is 6.07 Å². The molecule has 3 heterocycles. The van der Waals surface area contributed by atoms with Crippen LogP contribution < -0.4 is 4.90 Å². The van der Waals surface area contributed by atoms with Gasteiger partial charge in [0.15, 0.2) is 0 Å². The fourth-order valence-corrected chi connectivity index (χ4v) is 3.29. The molecule has 5 nitrogen and oxygen atoms in total. The summed E-state index contributed by atoms with van der Waals surface area (Å²) >= 11 is 0. The number of pyridine rings is 2. The number of rotatable bonds is 4. The first kappa shape index (κ1) is 16.4. The summed E-state index contributed by atoms with van der Waals surface area (Å²) in [6, 6.07) is 12.5. The van der Waals surface area contributed by atoms with Crippen LogP contribution in [-0.4, -0.2) is 41.0 Å². The molecule has 124 valence electrons. The van der Waals surface area contributed by atoms with Crippen molar-refractivity contribution in [2.75, 3.05) is 25.0 Å². The van der Waals surface area contributed by atoms with Crippen molar-refractivity contribution in [1.29, 1.82) is 5.26 Å². The predicted molar refractivity (Wildman–Crippen MR) is 94.5 cm³/mol. The number of anilines is 1. The van der Waals surface area contributed by atoms with Crippen LogP contribution in [0.15, 0.2) is 42.7 Å². The molecule has 2 aromatic heterocycles. The molecule has 24 heavy (non-hydrogen) atoms. The maximum atomic E-state index is 9.06. The van der Waals surface area contributed by atoms with Gasteiger partial charge >= 0.3 is 0 Å². The third kappa shape index (κ3) is 4.09. The molecule has 5 heteroatoms. The SMILES string of the molecule is CN(Cc1ccccn1)[C@@H]1CCCN(c2cc(C#N)ccn2)CC1. The molecule has 0 saturated carbocycles. The summed E-state index contributed by atoms with van der Waals surface area (Å²) in [4.78, 5) is 13.6. The van der Waals surface area contributed by atoms with Gasteiger partial charge < -0.3 is 4.90 Å². The van der Waals surface area contributed by atoms with Crippen LogP contribution >= 0.6 is 0 Å². The molecule has 1 aliphatic heterocycles. The van der Waals surface area contributed by atoms with Crippen LogP contribution in [0.2, 0.25) is 0 Å². The Balaban J connectivity index is 1.61. The van der Waals surface area contributed by atoms with Gasteiger partial charge in [-0.25, -0.2) is 4.98 Å². The van der Waals surface area contributed by atoms with Gasteiger partial charge in [-0.15, -0.1) is 0 Å². The van der Waals surface area contributed by atoms with Gasteiger partial charge in [0.2, 0.25) is 0 Å². The largest absolute Gasteiger partial charge is 0.357 e. The summed E-state index contributed by atoms with van der Waals surface area (Å²) in [6.45, 7) is 2.85. The second-order valence-corrected chi connectivity index (χ2v) is 6.32. The normalized spacial score (nSPS) is 18.2. The molecule has 0 bridgehead atoms. The van der Waals surface area contributed by atoms with Gasteiger partial charge in [0.05, 0.1) is 17.3 Å². The van der Waals surface area contributed by atoms with Gasteiger partial charge in [-0.2, -0.15) is 5.26 Å².